The molecule has 0 saturated carbocycles. The Morgan fingerprint density at radius 3 is 2.78 bits per heavy atom. The Kier molecular flexibility index (Phi) is 4.42. The van der Waals surface area contributed by atoms with E-state index in [9.17, 15) is 9.11 Å². The summed E-state index contributed by atoms with van der Waals surface area (Å²) in [6.07, 6.45) is 6.11. The zero-order valence-corrected chi connectivity index (χ0v) is 13.7. The van der Waals surface area contributed by atoms with E-state index in [-0.39, 0.29) is 6.04 Å². The molecular weight excluding hydrogens is 318 g/mol. The molecular formula is C14H21N5O3S. The van der Waals surface area contributed by atoms with Crippen LogP contribution in [0.5, 0.6) is 0 Å². The monoisotopic (exact) mass is 339 g/mol. The second-order valence-electron chi connectivity index (χ2n) is 5.66. The Hall–Kier alpha value is -1.84. The third kappa shape index (κ3) is 3.26. The molecule has 4 N–H and O–H groups in total. The van der Waals surface area contributed by atoms with Crippen LogP contribution in [0, 0.1) is 0 Å². The van der Waals surface area contributed by atoms with Crippen LogP contribution in [0.3, 0.4) is 0 Å². The summed E-state index contributed by atoms with van der Waals surface area (Å²) in [5, 5.41) is 20.6. The van der Waals surface area contributed by atoms with Crippen LogP contribution < -0.4 is 5.32 Å². The van der Waals surface area contributed by atoms with Crippen LogP contribution in [0.1, 0.15) is 25.3 Å². The number of hydrogen-bond donors (Lipinski definition) is 4. The van der Waals surface area contributed by atoms with Gasteiger partial charge in [-0.1, -0.05) is 5.16 Å². The molecule has 1 saturated heterocycles. The van der Waals surface area contributed by atoms with Gasteiger partial charge < -0.3 is 10.5 Å². The topological polar surface area (TPSA) is 116 Å². The Bertz CT molecular complexity index is 721. The lowest BCUT2D eigenvalue weighted by atomic mass is 10.1. The highest BCUT2D eigenvalue weighted by atomic mass is 32.3. The molecule has 0 unspecified atom stereocenters. The molecule has 9 heteroatoms. The lowest BCUT2D eigenvalue weighted by Crippen LogP contribution is -2.30. The number of nitrogens with zero attached hydrogens (tertiary/aromatic N) is 4. The molecule has 0 radical (unpaired) electrons. The summed E-state index contributed by atoms with van der Waals surface area (Å²) >= 11 is 0. The SMILES string of the molecule is CCn1ncc2c(NC3CCS(O)(O)CC3)c(C=NO)cnc21. The number of pyridine rings is 1. The molecule has 3 heterocycles. The van der Waals surface area contributed by atoms with Crippen molar-refractivity contribution in [2.45, 2.75) is 32.4 Å². The molecule has 1 aliphatic heterocycles. The number of hydrogen-bond acceptors (Lipinski definition) is 7. The van der Waals surface area contributed by atoms with Crippen LogP contribution in [-0.4, -0.2) is 52.8 Å². The van der Waals surface area contributed by atoms with Gasteiger partial charge >= 0.3 is 0 Å². The first-order valence-corrected chi connectivity index (χ1v) is 9.44. The van der Waals surface area contributed by atoms with Gasteiger partial charge in [-0.25, -0.2) is 9.67 Å². The van der Waals surface area contributed by atoms with E-state index in [1.54, 1.807) is 17.1 Å². The number of rotatable bonds is 4. The summed E-state index contributed by atoms with van der Waals surface area (Å²) in [5.41, 5.74) is 2.26. The fraction of sp³-hybridized carbons (Fsp3) is 0.500. The third-order valence-electron chi connectivity index (χ3n) is 4.13. The van der Waals surface area contributed by atoms with Crippen LogP contribution >= 0.6 is 10.6 Å². The van der Waals surface area contributed by atoms with Crippen molar-refractivity contribution in [3.63, 3.8) is 0 Å². The van der Waals surface area contributed by atoms with Gasteiger partial charge in [0.05, 0.1) is 23.5 Å². The number of aromatic nitrogens is 3. The summed E-state index contributed by atoms with van der Waals surface area (Å²) in [6.45, 7) is 2.71. The van der Waals surface area contributed by atoms with Crippen molar-refractivity contribution in [3.8, 4) is 0 Å². The number of nitrogens with one attached hydrogen (secondary N) is 1. The second-order valence-corrected chi connectivity index (χ2v) is 8.08. The summed E-state index contributed by atoms with van der Waals surface area (Å²) in [4.78, 5) is 4.39. The van der Waals surface area contributed by atoms with Crippen LogP contribution in [0.25, 0.3) is 11.0 Å². The predicted molar refractivity (Wildman–Crippen MR) is 91.8 cm³/mol. The maximum Gasteiger partial charge on any atom is 0.159 e. The summed E-state index contributed by atoms with van der Waals surface area (Å²) in [6, 6.07) is 0.136. The average molecular weight is 339 g/mol. The summed E-state index contributed by atoms with van der Waals surface area (Å²) in [5.74, 6) is 0.826. The molecule has 0 bridgehead atoms. The second kappa shape index (κ2) is 6.34. The van der Waals surface area contributed by atoms with Crippen molar-refractivity contribution in [3.05, 3.63) is 18.0 Å². The number of anilines is 1. The summed E-state index contributed by atoms with van der Waals surface area (Å²) < 4.78 is 21.3. The van der Waals surface area contributed by atoms with E-state index in [2.05, 4.69) is 20.6 Å². The Morgan fingerprint density at radius 1 is 1.39 bits per heavy atom. The van der Waals surface area contributed by atoms with Gasteiger partial charge in [-0.15, -0.1) is 0 Å². The van der Waals surface area contributed by atoms with Crippen LogP contribution in [0.15, 0.2) is 17.5 Å². The van der Waals surface area contributed by atoms with Crippen LogP contribution in [0.4, 0.5) is 5.69 Å². The number of aryl methyl sites for hydroxylation is 1. The normalized spacial score (nSPS) is 20.1. The molecule has 1 fully saturated rings. The number of fused-ring (bicyclic) bond motifs is 1. The van der Waals surface area contributed by atoms with Crippen molar-refractivity contribution < 1.29 is 14.3 Å². The molecule has 2 aromatic rings. The van der Waals surface area contributed by atoms with Gasteiger partial charge in [-0.05, 0) is 19.8 Å². The van der Waals surface area contributed by atoms with Gasteiger partial charge in [0, 0.05) is 35.9 Å². The zero-order valence-electron chi connectivity index (χ0n) is 12.9. The first-order chi connectivity index (χ1) is 11.0. The minimum atomic E-state index is -2.41. The van der Waals surface area contributed by atoms with Crippen molar-refractivity contribution in [2.24, 2.45) is 5.16 Å². The lowest BCUT2D eigenvalue weighted by molar-refractivity contribution is 0.322. The largest absolute Gasteiger partial charge is 0.411 e. The fourth-order valence-electron chi connectivity index (χ4n) is 2.85. The minimum absolute atomic E-state index is 0.136. The molecule has 2 aromatic heterocycles. The van der Waals surface area contributed by atoms with E-state index < -0.39 is 10.6 Å². The fourth-order valence-corrected chi connectivity index (χ4v) is 4.38. The van der Waals surface area contributed by atoms with Crippen LogP contribution in [-0.2, 0) is 6.54 Å². The van der Waals surface area contributed by atoms with Crippen molar-refractivity contribution in [1.82, 2.24) is 14.8 Å². The van der Waals surface area contributed by atoms with Gasteiger partial charge in [-0.2, -0.15) is 15.7 Å². The first kappa shape index (κ1) is 16.0. The van der Waals surface area contributed by atoms with E-state index >= 15 is 0 Å². The lowest BCUT2D eigenvalue weighted by Gasteiger charge is -2.39. The molecule has 0 aromatic carbocycles. The van der Waals surface area contributed by atoms with Crippen molar-refractivity contribution in [2.75, 3.05) is 16.8 Å². The predicted octanol–water partition coefficient (Wildman–Crippen LogP) is 2.58. The molecule has 0 amide bonds. The minimum Gasteiger partial charge on any atom is -0.411 e. The highest BCUT2D eigenvalue weighted by molar-refractivity contribution is 8.24. The first-order valence-electron chi connectivity index (χ1n) is 7.56. The zero-order chi connectivity index (χ0) is 16.4. The molecule has 1 aliphatic rings. The number of oxime groups is 1. The van der Waals surface area contributed by atoms with E-state index in [4.69, 9.17) is 5.21 Å². The average Bonchev–Trinajstić information content (AvgIpc) is 2.95. The Labute approximate surface area is 135 Å². The third-order valence-corrected chi connectivity index (χ3v) is 5.91. The van der Waals surface area contributed by atoms with Crippen LogP contribution in [0.2, 0.25) is 0 Å². The molecule has 0 spiro atoms. The van der Waals surface area contributed by atoms with E-state index in [1.165, 1.54) is 6.21 Å². The van der Waals surface area contributed by atoms with Gasteiger partial charge in [-0.3, -0.25) is 9.11 Å². The highest BCUT2D eigenvalue weighted by Gasteiger charge is 2.25. The molecule has 126 valence electrons. The highest BCUT2D eigenvalue weighted by Crippen LogP contribution is 2.44. The standard InChI is InChI=1S/C14H21N5O3S/c1-2-19-14-12(9-16-19)13(10(7-15-14)8-17-20)18-11-3-5-23(21,22)6-4-11/h7-9,11,20-22H,2-6H2,1H3,(H,15,18). The van der Waals surface area contributed by atoms with E-state index in [1.807, 2.05) is 6.92 Å². The van der Waals surface area contributed by atoms with Gasteiger partial charge in [0.2, 0.25) is 0 Å². The van der Waals surface area contributed by atoms with Gasteiger partial charge in [0.1, 0.15) is 0 Å². The molecule has 8 nitrogen and oxygen atoms in total. The molecule has 0 atom stereocenters. The quantitative estimate of drug-likeness (QED) is 0.386. The summed E-state index contributed by atoms with van der Waals surface area (Å²) in [7, 11) is -2.41. The van der Waals surface area contributed by atoms with Crippen molar-refractivity contribution in [1.29, 1.82) is 0 Å². The maximum atomic E-state index is 9.74. The molecule has 23 heavy (non-hydrogen) atoms. The van der Waals surface area contributed by atoms with Gasteiger partial charge in [0.15, 0.2) is 5.65 Å². The maximum absolute atomic E-state index is 9.74. The van der Waals surface area contributed by atoms with Gasteiger partial charge in [0.25, 0.3) is 0 Å². The smallest absolute Gasteiger partial charge is 0.159 e. The Morgan fingerprint density at radius 2 is 2.13 bits per heavy atom. The van der Waals surface area contributed by atoms with E-state index in [0.717, 1.165) is 16.7 Å². The van der Waals surface area contributed by atoms with E-state index in [0.29, 0.717) is 36.5 Å². The van der Waals surface area contributed by atoms with Crippen molar-refractivity contribution >= 4 is 33.5 Å². The Balaban J connectivity index is 1.94. The molecule has 0 aliphatic carbocycles. The molecule has 3 rings (SSSR count).